The summed E-state index contributed by atoms with van der Waals surface area (Å²) < 4.78 is 25.6. The summed E-state index contributed by atoms with van der Waals surface area (Å²) in [4.78, 5) is 12.7. The largest absolute Gasteiger partial charge is 0.306 e. The molecule has 0 fully saturated rings. The molecule has 1 aromatic heterocycles. The summed E-state index contributed by atoms with van der Waals surface area (Å²) in [5.41, 5.74) is 3.15. The van der Waals surface area contributed by atoms with Gasteiger partial charge in [0.05, 0.1) is 22.9 Å². The normalized spacial score (nSPS) is 14.7. The Hall–Kier alpha value is -2.64. The Morgan fingerprint density at radius 1 is 1.15 bits per heavy atom. The molecule has 4 rings (SSSR count). The first-order chi connectivity index (χ1) is 12.8. The number of sulfone groups is 1. The molecule has 2 heterocycles. The number of carbonyl (C=O) groups excluding carboxylic acids is 1. The quantitative estimate of drug-likeness (QED) is 0.728. The summed E-state index contributed by atoms with van der Waals surface area (Å²) >= 11 is 6.08. The van der Waals surface area contributed by atoms with E-state index >= 15 is 0 Å². The maximum atomic E-state index is 12.7. The molecule has 1 N–H and O–H groups in total. The van der Waals surface area contributed by atoms with Gasteiger partial charge in [-0.15, -0.1) is 0 Å². The van der Waals surface area contributed by atoms with Crippen LogP contribution in [0.2, 0.25) is 5.02 Å². The molecule has 0 aliphatic carbocycles. The Labute approximate surface area is 161 Å². The number of halogens is 1. The van der Waals surface area contributed by atoms with Crippen molar-refractivity contribution in [1.82, 2.24) is 9.78 Å². The van der Waals surface area contributed by atoms with Gasteiger partial charge in [-0.05, 0) is 37.3 Å². The Balaban J connectivity index is 1.78. The Kier molecular flexibility index (Phi) is 4.28. The van der Waals surface area contributed by atoms with Crippen LogP contribution in [0.5, 0.6) is 0 Å². The lowest BCUT2D eigenvalue weighted by molar-refractivity contribution is 0.102. The summed E-state index contributed by atoms with van der Waals surface area (Å²) in [7, 11) is -3.25. The van der Waals surface area contributed by atoms with Gasteiger partial charge >= 0.3 is 0 Å². The van der Waals surface area contributed by atoms with Crippen LogP contribution in [0.3, 0.4) is 0 Å². The molecule has 2 aromatic carbocycles. The van der Waals surface area contributed by atoms with Crippen molar-refractivity contribution in [1.29, 1.82) is 0 Å². The van der Waals surface area contributed by atoms with E-state index in [1.165, 1.54) is 4.68 Å². The fraction of sp³-hybridized carbons (Fsp3) is 0.158. The van der Waals surface area contributed by atoms with Gasteiger partial charge in [0.15, 0.2) is 9.84 Å². The van der Waals surface area contributed by atoms with E-state index in [-0.39, 0.29) is 17.4 Å². The van der Waals surface area contributed by atoms with E-state index in [1.54, 1.807) is 36.4 Å². The summed E-state index contributed by atoms with van der Waals surface area (Å²) in [6, 6.07) is 14.1. The minimum absolute atomic E-state index is 0.136. The van der Waals surface area contributed by atoms with Crippen LogP contribution in [0.4, 0.5) is 5.82 Å². The van der Waals surface area contributed by atoms with Crippen LogP contribution in [0.15, 0.2) is 48.5 Å². The SMILES string of the molecule is Cc1ccc(C(=O)Nc2c3c(nn2-c2cccc(Cl)c2)CS(=O)(=O)C3)cc1. The van der Waals surface area contributed by atoms with Gasteiger partial charge in [0.25, 0.3) is 5.91 Å². The van der Waals surface area contributed by atoms with Crippen LogP contribution in [-0.2, 0) is 21.3 Å². The number of benzene rings is 2. The van der Waals surface area contributed by atoms with Crippen molar-refractivity contribution in [3.8, 4) is 5.69 Å². The number of fused-ring (bicyclic) bond motifs is 1. The molecule has 138 valence electrons. The summed E-state index contributed by atoms with van der Waals surface area (Å²) in [5, 5.41) is 7.78. The van der Waals surface area contributed by atoms with Crippen LogP contribution in [0.25, 0.3) is 5.69 Å². The molecule has 0 spiro atoms. The number of aromatic nitrogens is 2. The van der Waals surface area contributed by atoms with E-state index in [4.69, 9.17) is 11.6 Å². The van der Waals surface area contributed by atoms with E-state index in [0.29, 0.717) is 33.3 Å². The second kappa shape index (κ2) is 6.51. The van der Waals surface area contributed by atoms with Crippen LogP contribution in [0, 0.1) is 6.92 Å². The number of nitrogens with one attached hydrogen (secondary N) is 1. The Morgan fingerprint density at radius 2 is 1.89 bits per heavy atom. The monoisotopic (exact) mass is 401 g/mol. The maximum absolute atomic E-state index is 12.7. The Morgan fingerprint density at radius 3 is 2.59 bits per heavy atom. The van der Waals surface area contributed by atoms with Crippen molar-refractivity contribution in [2.24, 2.45) is 0 Å². The zero-order chi connectivity index (χ0) is 19.2. The number of nitrogens with zero attached hydrogens (tertiary/aromatic N) is 2. The van der Waals surface area contributed by atoms with Crippen molar-refractivity contribution < 1.29 is 13.2 Å². The van der Waals surface area contributed by atoms with E-state index in [1.807, 2.05) is 19.1 Å². The van der Waals surface area contributed by atoms with E-state index in [0.717, 1.165) is 5.56 Å². The molecule has 0 unspecified atom stereocenters. The lowest BCUT2D eigenvalue weighted by atomic mass is 10.1. The molecule has 0 saturated carbocycles. The fourth-order valence-electron chi connectivity index (χ4n) is 3.05. The summed E-state index contributed by atoms with van der Waals surface area (Å²) in [5.74, 6) is -0.250. The molecule has 3 aromatic rings. The predicted octanol–water partition coefficient (Wildman–Crippen LogP) is 3.51. The topological polar surface area (TPSA) is 81.1 Å². The van der Waals surface area contributed by atoms with Crippen molar-refractivity contribution in [2.45, 2.75) is 18.4 Å². The van der Waals surface area contributed by atoms with Crippen molar-refractivity contribution in [3.63, 3.8) is 0 Å². The predicted molar refractivity (Wildman–Crippen MR) is 104 cm³/mol. The van der Waals surface area contributed by atoms with Crippen molar-refractivity contribution >= 4 is 33.2 Å². The number of aryl methyl sites for hydroxylation is 1. The maximum Gasteiger partial charge on any atom is 0.256 e. The number of hydrogen-bond donors (Lipinski definition) is 1. The van der Waals surface area contributed by atoms with Gasteiger partial charge in [-0.1, -0.05) is 35.4 Å². The highest BCUT2D eigenvalue weighted by molar-refractivity contribution is 7.90. The lowest BCUT2D eigenvalue weighted by Gasteiger charge is -2.11. The average Bonchev–Trinajstić information content (AvgIpc) is 3.08. The zero-order valence-electron chi connectivity index (χ0n) is 14.4. The molecular formula is C19H16ClN3O3S. The molecule has 1 aliphatic heterocycles. The van der Waals surface area contributed by atoms with E-state index in [9.17, 15) is 13.2 Å². The third kappa shape index (κ3) is 3.48. The first kappa shape index (κ1) is 17.8. The van der Waals surface area contributed by atoms with Crippen molar-refractivity contribution in [2.75, 3.05) is 5.32 Å². The van der Waals surface area contributed by atoms with Gasteiger partial charge in [0.1, 0.15) is 5.82 Å². The third-order valence-corrected chi connectivity index (χ3v) is 6.06. The van der Waals surface area contributed by atoms with Gasteiger partial charge < -0.3 is 5.32 Å². The number of carbonyl (C=O) groups is 1. The Bertz CT molecular complexity index is 1150. The highest BCUT2D eigenvalue weighted by Crippen LogP contribution is 2.33. The molecule has 1 amide bonds. The minimum atomic E-state index is -3.25. The zero-order valence-corrected chi connectivity index (χ0v) is 16.0. The molecule has 27 heavy (non-hydrogen) atoms. The van der Waals surface area contributed by atoms with Crippen LogP contribution >= 0.6 is 11.6 Å². The first-order valence-corrected chi connectivity index (χ1v) is 10.5. The smallest absolute Gasteiger partial charge is 0.256 e. The highest BCUT2D eigenvalue weighted by atomic mass is 35.5. The second-order valence-corrected chi connectivity index (χ2v) is 9.02. The molecule has 0 atom stereocenters. The summed E-state index contributed by atoms with van der Waals surface area (Å²) in [6.07, 6.45) is 0. The molecule has 0 bridgehead atoms. The summed E-state index contributed by atoms with van der Waals surface area (Å²) in [6.45, 7) is 1.94. The van der Waals surface area contributed by atoms with Gasteiger partial charge in [0.2, 0.25) is 0 Å². The van der Waals surface area contributed by atoms with Crippen LogP contribution < -0.4 is 5.32 Å². The van der Waals surface area contributed by atoms with Gasteiger partial charge in [-0.2, -0.15) is 5.10 Å². The van der Waals surface area contributed by atoms with Gasteiger partial charge in [0, 0.05) is 16.1 Å². The second-order valence-electron chi connectivity index (χ2n) is 6.52. The molecule has 6 nitrogen and oxygen atoms in total. The number of amides is 1. The first-order valence-electron chi connectivity index (χ1n) is 8.27. The van der Waals surface area contributed by atoms with Gasteiger partial charge in [-0.25, -0.2) is 13.1 Å². The molecule has 0 radical (unpaired) electrons. The number of anilines is 1. The lowest BCUT2D eigenvalue weighted by Crippen LogP contribution is -2.17. The number of rotatable bonds is 3. The van der Waals surface area contributed by atoms with Gasteiger partial charge in [-0.3, -0.25) is 4.79 Å². The highest BCUT2D eigenvalue weighted by Gasteiger charge is 2.33. The molecule has 0 saturated heterocycles. The minimum Gasteiger partial charge on any atom is -0.306 e. The standard InChI is InChI=1S/C19H16ClN3O3S/c1-12-5-7-13(8-6-12)19(24)21-18-16-10-27(25,26)11-17(16)22-23(18)15-4-2-3-14(20)9-15/h2-9H,10-11H2,1H3,(H,21,24). The number of hydrogen-bond acceptors (Lipinski definition) is 4. The van der Waals surface area contributed by atoms with E-state index in [2.05, 4.69) is 10.4 Å². The molecule has 8 heteroatoms. The third-order valence-electron chi connectivity index (χ3n) is 4.39. The molecular weight excluding hydrogens is 386 g/mol. The van der Waals surface area contributed by atoms with Crippen LogP contribution in [-0.4, -0.2) is 24.1 Å². The van der Waals surface area contributed by atoms with E-state index < -0.39 is 9.84 Å². The van der Waals surface area contributed by atoms with Crippen LogP contribution in [0.1, 0.15) is 27.2 Å². The average molecular weight is 402 g/mol. The molecule has 1 aliphatic rings. The van der Waals surface area contributed by atoms with Crippen molar-refractivity contribution in [3.05, 3.63) is 75.9 Å². The fourth-order valence-corrected chi connectivity index (χ4v) is 4.73.